The van der Waals surface area contributed by atoms with Crippen molar-refractivity contribution in [3.8, 4) is 11.5 Å². The minimum Gasteiger partial charge on any atom is -0.493 e. The Kier molecular flexibility index (Phi) is 6.05. The van der Waals surface area contributed by atoms with Gasteiger partial charge in [-0.2, -0.15) is 0 Å². The molecule has 1 fully saturated rings. The second kappa shape index (κ2) is 8.87. The molecule has 2 aliphatic rings. The molecular formula is C24H30N2O3. The van der Waals surface area contributed by atoms with E-state index in [0.29, 0.717) is 12.5 Å². The van der Waals surface area contributed by atoms with Gasteiger partial charge in [-0.15, -0.1) is 0 Å². The lowest BCUT2D eigenvalue weighted by Gasteiger charge is -2.37. The second-order valence-corrected chi connectivity index (χ2v) is 8.05. The van der Waals surface area contributed by atoms with Gasteiger partial charge in [-0.05, 0) is 54.6 Å². The number of ether oxygens (including phenoxy) is 2. The Balaban J connectivity index is 1.42. The minimum absolute atomic E-state index is 0.0918. The van der Waals surface area contributed by atoms with Crippen molar-refractivity contribution in [2.75, 3.05) is 33.9 Å². The van der Waals surface area contributed by atoms with E-state index in [1.807, 2.05) is 17.0 Å². The van der Waals surface area contributed by atoms with E-state index in [-0.39, 0.29) is 5.92 Å². The van der Waals surface area contributed by atoms with Crippen molar-refractivity contribution in [2.45, 2.75) is 32.4 Å². The molecule has 154 valence electrons. The molecule has 2 aromatic rings. The molecule has 1 saturated heterocycles. The van der Waals surface area contributed by atoms with Gasteiger partial charge in [-0.1, -0.05) is 30.3 Å². The molecule has 2 aromatic carbocycles. The molecule has 0 saturated carbocycles. The highest BCUT2D eigenvalue weighted by Crippen LogP contribution is 2.34. The number of fused-ring (bicyclic) bond motifs is 1. The van der Waals surface area contributed by atoms with Crippen molar-refractivity contribution in [3.63, 3.8) is 0 Å². The zero-order chi connectivity index (χ0) is 20.2. The zero-order valence-electron chi connectivity index (χ0n) is 17.4. The third-order valence-electron chi connectivity index (χ3n) is 6.13. The molecule has 0 bridgehead atoms. The van der Waals surface area contributed by atoms with E-state index >= 15 is 0 Å². The molecule has 0 radical (unpaired) electrons. The lowest BCUT2D eigenvalue weighted by atomic mass is 9.93. The van der Waals surface area contributed by atoms with E-state index in [9.17, 15) is 4.79 Å². The molecule has 0 spiro atoms. The van der Waals surface area contributed by atoms with Crippen LogP contribution in [0.5, 0.6) is 11.5 Å². The SMILES string of the molecule is COc1cc2c(cc1OC)CN(C(=O)C1CCCN(Cc3ccccc3)C1)CC2. The minimum atomic E-state index is 0.0918. The number of benzene rings is 2. The first-order valence-electron chi connectivity index (χ1n) is 10.5. The van der Waals surface area contributed by atoms with Crippen LogP contribution in [0.4, 0.5) is 0 Å². The number of rotatable bonds is 5. The van der Waals surface area contributed by atoms with Crippen LogP contribution in [0.25, 0.3) is 0 Å². The first-order chi connectivity index (χ1) is 14.2. The number of likely N-dealkylation sites (tertiary alicyclic amines) is 1. The van der Waals surface area contributed by atoms with Gasteiger partial charge in [0.05, 0.1) is 20.1 Å². The summed E-state index contributed by atoms with van der Waals surface area (Å²) < 4.78 is 10.9. The number of hydrogen-bond acceptors (Lipinski definition) is 4. The maximum Gasteiger partial charge on any atom is 0.227 e. The van der Waals surface area contributed by atoms with Crippen molar-refractivity contribution >= 4 is 5.91 Å². The van der Waals surface area contributed by atoms with Crippen molar-refractivity contribution < 1.29 is 14.3 Å². The van der Waals surface area contributed by atoms with Crippen LogP contribution < -0.4 is 9.47 Å². The summed E-state index contributed by atoms with van der Waals surface area (Å²) in [5.74, 6) is 1.87. The molecule has 1 atom stereocenters. The van der Waals surface area contributed by atoms with Gasteiger partial charge in [0.2, 0.25) is 5.91 Å². The van der Waals surface area contributed by atoms with Gasteiger partial charge < -0.3 is 14.4 Å². The topological polar surface area (TPSA) is 42.0 Å². The molecule has 29 heavy (non-hydrogen) atoms. The molecule has 1 unspecified atom stereocenters. The van der Waals surface area contributed by atoms with Crippen molar-refractivity contribution in [3.05, 3.63) is 59.2 Å². The van der Waals surface area contributed by atoms with E-state index in [0.717, 1.165) is 56.9 Å². The fourth-order valence-corrected chi connectivity index (χ4v) is 4.57. The van der Waals surface area contributed by atoms with Crippen molar-refractivity contribution in [2.24, 2.45) is 5.92 Å². The standard InChI is InChI=1S/C24H30N2O3/c1-28-22-13-19-10-12-26(17-21(19)14-23(22)29-2)24(27)20-9-6-11-25(16-20)15-18-7-4-3-5-8-18/h3-5,7-8,13-14,20H,6,9-12,15-17H2,1-2H3. The Morgan fingerprint density at radius 3 is 2.48 bits per heavy atom. The fraction of sp³-hybridized carbons (Fsp3) is 0.458. The van der Waals surface area contributed by atoms with Crippen LogP contribution >= 0.6 is 0 Å². The summed E-state index contributed by atoms with van der Waals surface area (Å²) in [6.45, 7) is 4.27. The van der Waals surface area contributed by atoms with Crippen LogP contribution in [0.3, 0.4) is 0 Å². The van der Waals surface area contributed by atoms with Crippen LogP contribution in [0, 0.1) is 5.92 Å². The number of hydrogen-bond donors (Lipinski definition) is 0. The smallest absolute Gasteiger partial charge is 0.227 e. The fourth-order valence-electron chi connectivity index (χ4n) is 4.57. The van der Waals surface area contributed by atoms with E-state index in [1.54, 1.807) is 14.2 Å². The van der Waals surface area contributed by atoms with Crippen LogP contribution in [-0.2, 0) is 24.3 Å². The summed E-state index contributed by atoms with van der Waals surface area (Å²) in [6, 6.07) is 14.6. The number of amides is 1. The van der Waals surface area contributed by atoms with E-state index in [2.05, 4.69) is 35.2 Å². The number of carbonyl (C=O) groups is 1. The predicted octanol–water partition coefficient (Wildman–Crippen LogP) is 3.50. The Morgan fingerprint density at radius 1 is 1.03 bits per heavy atom. The summed E-state index contributed by atoms with van der Waals surface area (Å²) in [5.41, 5.74) is 3.73. The largest absolute Gasteiger partial charge is 0.493 e. The van der Waals surface area contributed by atoms with Gasteiger partial charge >= 0.3 is 0 Å². The van der Waals surface area contributed by atoms with Crippen LogP contribution in [-0.4, -0.2) is 49.6 Å². The average molecular weight is 395 g/mol. The summed E-state index contributed by atoms with van der Waals surface area (Å²) in [5, 5.41) is 0. The van der Waals surface area contributed by atoms with E-state index in [1.165, 1.54) is 16.7 Å². The molecule has 0 aromatic heterocycles. The molecule has 0 aliphatic carbocycles. The number of nitrogens with zero attached hydrogens (tertiary/aromatic N) is 2. The van der Waals surface area contributed by atoms with E-state index < -0.39 is 0 Å². The lowest BCUT2D eigenvalue weighted by Crippen LogP contribution is -2.46. The maximum atomic E-state index is 13.3. The summed E-state index contributed by atoms with van der Waals surface area (Å²) >= 11 is 0. The number of carbonyl (C=O) groups excluding carboxylic acids is 1. The van der Waals surface area contributed by atoms with E-state index in [4.69, 9.17) is 9.47 Å². The van der Waals surface area contributed by atoms with Gasteiger partial charge in [0, 0.05) is 26.2 Å². The Morgan fingerprint density at radius 2 is 1.76 bits per heavy atom. The van der Waals surface area contributed by atoms with Gasteiger partial charge in [0.25, 0.3) is 0 Å². The van der Waals surface area contributed by atoms with Crippen LogP contribution in [0.2, 0.25) is 0 Å². The normalized spacial score (nSPS) is 19.5. The molecule has 4 rings (SSSR count). The monoisotopic (exact) mass is 394 g/mol. The Hall–Kier alpha value is -2.53. The van der Waals surface area contributed by atoms with Gasteiger partial charge in [-0.25, -0.2) is 0 Å². The van der Waals surface area contributed by atoms with Crippen molar-refractivity contribution in [1.82, 2.24) is 9.80 Å². The first kappa shape index (κ1) is 19.8. The summed E-state index contributed by atoms with van der Waals surface area (Å²) in [4.78, 5) is 17.7. The van der Waals surface area contributed by atoms with Crippen LogP contribution in [0.1, 0.15) is 29.5 Å². The highest BCUT2D eigenvalue weighted by Gasteiger charge is 2.31. The summed E-state index contributed by atoms with van der Waals surface area (Å²) in [6.07, 6.45) is 2.93. The third kappa shape index (κ3) is 4.40. The van der Waals surface area contributed by atoms with Gasteiger partial charge in [0.15, 0.2) is 11.5 Å². The predicted molar refractivity (Wildman–Crippen MR) is 113 cm³/mol. The molecule has 5 nitrogen and oxygen atoms in total. The molecule has 5 heteroatoms. The number of methoxy groups -OCH3 is 2. The molecule has 2 heterocycles. The van der Waals surface area contributed by atoms with Crippen molar-refractivity contribution in [1.29, 1.82) is 0 Å². The lowest BCUT2D eigenvalue weighted by molar-refractivity contribution is -0.138. The molecule has 1 amide bonds. The Bertz CT molecular complexity index is 853. The first-order valence-corrected chi connectivity index (χ1v) is 10.5. The molecule has 0 N–H and O–H groups in total. The van der Waals surface area contributed by atoms with Gasteiger partial charge in [-0.3, -0.25) is 9.69 Å². The average Bonchev–Trinajstić information content (AvgIpc) is 2.78. The quantitative estimate of drug-likeness (QED) is 0.778. The highest BCUT2D eigenvalue weighted by molar-refractivity contribution is 5.79. The second-order valence-electron chi connectivity index (χ2n) is 8.05. The van der Waals surface area contributed by atoms with Gasteiger partial charge in [0.1, 0.15) is 0 Å². The third-order valence-corrected chi connectivity index (χ3v) is 6.13. The maximum absolute atomic E-state index is 13.3. The Labute approximate surface area is 173 Å². The highest BCUT2D eigenvalue weighted by atomic mass is 16.5. The summed E-state index contributed by atoms with van der Waals surface area (Å²) in [7, 11) is 3.31. The number of piperidine rings is 1. The molecular weight excluding hydrogens is 364 g/mol. The van der Waals surface area contributed by atoms with Crippen LogP contribution in [0.15, 0.2) is 42.5 Å². The molecule has 2 aliphatic heterocycles. The zero-order valence-corrected chi connectivity index (χ0v) is 17.4.